The summed E-state index contributed by atoms with van der Waals surface area (Å²) < 4.78 is 12.3. The van der Waals surface area contributed by atoms with Crippen molar-refractivity contribution in [1.82, 2.24) is 0 Å². The first kappa shape index (κ1) is 29.4. The Hall–Kier alpha value is -1.61. The van der Waals surface area contributed by atoms with Gasteiger partial charge >= 0.3 is 5.97 Å². The fraction of sp³-hybridized carbons (Fsp3) is 0.700. The minimum atomic E-state index is -0.495. The van der Waals surface area contributed by atoms with Crippen LogP contribution in [0.25, 0.3) is 0 Å². The van der Waals surface area contributed by atoms with E-state index in [1.54, 1.807) is 6.92 Å². The maximum absolute atomic E-state index is 12.1. The number of rotatable bonds is 18. The van der Waals surface area contributed by atoms with Gasteiger partial charge in [-0.2, -0.15) is 0 Å². The fourth-order valence-electron chi connectivity index (χ4n) is 4.24. The Morgan fingerprint density at radius 2 is 1.45 bits per heavy atom. The van der Waals surface area contributed by atoms with Crippen molar-refractivity contribution in [3.8, 4) is 0 Å². The molecule has 1 unspecified atom stereocenters. The molecule has 0 bridgehead atoms. The number of esters is 1. The van der Waals surface area contributed by atoms with Crippen molar-refractivity contribution in [3.05, 3.63) is 47.5 Å². The molecule has 1 aromatic rings. The minimum absolute atomic E-state index is 0.312. The number of carbonyl (C=O) groups is 1. The van der Waals surface area contributed by atoms with Crippen molar-refractivity contribution in [2.45, 2.75) is 130 Å². The van der Waals surface area contributed by atoms with Crippen LogP contribution in [-0.4, -0.2) is 18.2 Å². The lowest BCUT2D eigenvalue weighted by Gasteiger charge is -2.35. The van der Waals surface area contributed by atoms with Gasteiger partial charge in [-0.3, -0.25) is 0 Å². The van der Waals surface area contributed by atoms with Crippen LogP contribution < -0.4 is 0 Å². The van der Waals surface area contributed by atoms with Crippen LogP contribution in [0.3, 0.4) is 0 Å². The fourth-order valence-corrected chi connectivity index (χ4v) is 4.24. The second-order valence-corrected chi connectivity index (χ2v) is 9.81. The molecule has 0 radical (unpaired) electrons. The number of ether oxygens (including phenoxy) is 2. The van der Waals surface area contributed by atoms with E-state index in [9.17, 15) is 4.79 Å². The van der Waals surface area contributed by atoms with E-state index >= 15 is 0 Å². The van der Waals surface area contributed by atoms with Gasteiger partial charge in [0.05, 0.1) is 12.2 Å². The zero-order valence-electron chi connectivity index (χ0n) is 22.4. The van der Waals surface area contributed by atoms with Gasteiger partial charge in [-0.25, -0.2) is 4.79 Å². The van der Waals surface area contributed by atoms with Gasteiger partial charge in [-0.1, -0.05) is 97.1 Å². The van der Waals surface area contributed by atoms with Crippen molar-refractivity contribution in [1.29, 1.82) is 0 Å². The van der Waals surface area contributed by atoms with Crippen LogP contribution in [0.5, 0.6) is 0 Å². The maximum Gasteiger partial charge on any atom is 0.333 e. The summed E-state index contributed by atoms with van der Waals surface area (Å²) in [6, 6.07) is 8.99. The van der Waals surface area contributed by atoms with Crippen LogP contribution in [0, 0.1) is 0 Å². The Bertz CT molecular complexity index is 687. The Kier molecular flexibility index (Phi) is 13.7. The summed E-state index contributed by atoms with van der Waals surface area (Å²) in [7, 11) is 0. The molecule has 1 rings (SSSR count). The highest BCUT2D eigenvalue weighted by Gasteiger charge is 2.33. The monoisotopic (exact) mass is 458 g/mol. The van der Waals surface area contributed by atoms with Crippen molar-refractivity contribution in [3.63, 3.8) is 0 Å². The number of benzene rings is 1. The van der Waals surface area contributed by atoms with Gasteiger partial charge in [0.25, 0.3) is 0 Å². The molecule has 3 nitrogen and oxygen atoms in total. The second kappa shape index (κ2) is 15.3. The molecule has 0 aliphatic heterocycles. The number of hydrogen-bond donors (Lipinski definition) is 0. The Balaban J connectivity index is 2.61. The molecule has 0 fully saturated rings. The minimum Gasteiger partial charge on any atom is -0.456 e. The summed E-state index contributed by atoms with van der Waals surface area (Å²) in [5, 5.41) is 0. The normalized spacial score (nSPS) is 13.5. The highest BCUT2D eigenvalue weighted by Crippen LogP contribution is 2.32. The van der Waals surface area contributed by atoms with Gasteiger partial charge < -0.3 is 9.47 Å². The Morgan fingerprint density at radius 3 is 1.97 bits per heavy atom. The van der Waals surface area contributed by atoms with E-state index in [1.807, 2.05) is 0 Å². The topological polar surface area (TPSA) is 35.5 Å². The zero-order valence-corrected chi connectivity index (χ0v) is 22.4. The van der Waals surface area contributed by atoms with E-state index in [1.165, 1.54) is 56.1 Å². The largest absolute Gasteiger partial charge is 0.456 e. The number of aryl methyl sites for hydroxylation is 1. The molecule has 0 amide bonds. The third-order valence-electron chi connectivity index (χ3n) is 7.23. The summed E-state index contributed by atoms with van der Waals surface area (Å²) in [5.74, 6) is -0.312. The van der Waals surface area contributed by atoms with Crippen molar-refractivity contribution < 1.29 is 14.3 Å². The molecule has 0 spiro atoms. The molecule has 1 aromatic carbocycles. The third-order valence-corrected chi connectivity index (χ3v) is 7.23. The quantitative estimate of drug-likeness (QED) is 0.125. The van der Waals surface area contributed by atoms with Gasteiger partial charge in [0.15, 0.2) is 0 Å². The molecular weight excluding hydrogens is 408 g/mol. The van der Waals surface area contributed by atoms with Crippen molar-refractivity contribution in [2.75, 3.05) is 6.61 Å². The molecule has 0 saturated carbocycles. The molecule has 1 atom stereocenters. The molecule has 0 aromatic heterocycles. The molecule has 188 valence electrons. The van der Waals surface area contributed by atoms with Gasteiger partial charge in [0.1, 0.15) is 5.60 Å². The van der Waals surface area contributed by atoms with Gasteiger partial charge in [-0.05, 0) is 57.1 Å². The third kappa shape index (κ3) is 10.0. The standard InChI is InChI=1S/C30H50O3/c1-8-12-13-14-15-16-17-18-26-19-21-27(22-20-26)29(7,9-2)32-24-23-30(10-3,11-4)33-28(31)25(5)6/h19-22H,5,8-18,23-24H2,1-4,6-7H3. The number of unbranched alkanes of at least 4 members (excludes halogenated alkanes) is 6. The first-order chi connectivity index (χ1) is 15.8. The Labute approximate surface area is 204 Å². The lowest BCUT2D eigenvalue weighted by atomic mass is 9.90. The smallest absolute Gasteiger partial charge is 0.333 e. The lowest BCUT2D eigenvalue weighted by Crippen LogP contribution is -2.37. The van der Waals surface area contributed by atoms with Crippen LogP contribution in [0.4, 0.5) is 0 Å². The van der Waals surface area contributed by atoms with Gasteiger partial charge in [-0.15, -0.1) is 0 Å². The van der Waals surface area contributed by atoms with Crippen LogP contribution in [0.1, 0.15) is 123 Å². The summed E-state index contributed by atoms with van der Waals surface area (Å²) in [6.45, 7) is 16.7. The van der Waals surface area contributed by atoms with E-state index in [4.69, 9.17) is 9.47 Å². The average molecular weight is 459 g/mol. The molecule has 0 heterocycles. The predicted octanol–water partition coefficient (Wildman–Crippen LogP) is 8.69. The Morgan fingerprint density at radius 1 is 0.879 bits per heavy atom. The van der Waals surface area contributed by atoms with Crippen LogP contribution in [-0.2, 0) is 26.3 Å². The van der Waals surface area contributed by atoms with E-state index in [2.05, 4.69) is 65.5 Å². The van der Waals surface area contributed by atoms with E-state index in [-0.39, 0.29) is 11.6 Å². The van der Waals surface area contributed by atoms with E-state index in [0.29, 0.717) is 18.6 Å². The number of hydrogen-bond acceptors (Lipinski definition) is 3. The van der Waals surface area contributed by atoms with Gasteiger partial charge in [0.2, 0.25) is 0 Å². The molecule has 0 aliphatic carbocycles. The summed E-state index contributed by atoms with van der Waals surface area (Å²) in [6.07, 6.45) is 13.7. The van der Waals surface area contributed by atoms with Crippen LogP contribution in [0.2, 0.25) is 0 Å². The molecule has 0 saturated heterocycles. The number of carbonyl (C=O) groups excluding carboxylic acids is 1. The van der Waals surface area contributed by atoms with Crippen molar-refractivity contribution in [2.24, 2.45) is 0 Å². The van der Waals surface area contributed by atoms with E-state index < -0.39 is 5.60 Å². The summed E-state index contributed by atoms with van der Waals surface area (Å²) in [4.78, 5) is 12.1. The van der Waals surface area contributed by atoms with E-state index in [0.717, 1.165) is 25.7 Å². The second-order valence-electron chi connectivity index (χ2n) is 9.81. The molecule has 33 heavy (non-hydrogen) atoms. The zero-order chi connectivity index (χ0) is 24.7. The average Bonchev–Trinajstić information content (AvgIpc) is 2.82. The highest BCUT2D eigenvalue weighted by molar-refractivity contribution is 5.87. The highest BCUT2D eigenvalue weighted by atomic mass is 16.6. The maximum atomic E-state index is 12.1. The SMILES string of the molecule is C=C(C)C(=O)OC(CC)(CC)CCOC(C)(CC)c1ccc(CCCCCCCCC)cc1. The molecule has 0 N–H and O–H groups in total. The van der Waals surface area contributed by atoms with Gasteiger partial charge in [0, 0.05) is 12.0 Å². The summed E-state index contributed by atoms with van der Waals surface area (Å²) >= 11 is 0. The summed E-state index contributed by atoms with van der Waals surface area (Å²) in [5.41, 5.74) is 2.23. The first-order valence-electron chi connectivity index (χ1n) is 13.4. The first-order valence-corrected chi connectivity index (χ1v) is 13.4. The van der Waals surface area contributed by atoms with Crippen LogP contribution >= 0.6 is 0 Å². The lowest BCUT2D eigenvalue weighted by molar-refractivity contribution is -0.160. The molecule has 0 aliphatic rings. The van der Waals surface area contributed by atoms with Crippen LogP contribution in [0.15, 0.2) is 36.4 Å². The van der Waals surface area contributed by atoms with Crippen molar-refractivity contribution >= 4 is 5.97 Å². The molecule has 3 heteroatoms. The molecular formula is C30H50O3. The predicted molar refractivity (Wildman–Crippen MR) is 141 cm³/mol.